The molecular weight excluding hydrogens is 380 g/mol. The highest BCUT2D eigenvalue weighted by Crippen LogP contribution is 2.44. The Morgan fingerprint density at radius 2 is 2.00 bits per heavy atom. The van der Waals surface area contributed by atoms with Gasteiger partial charge in [0.05, 0.1) is 17.9 Å². The summed E-state index contributed by atoms with van der Waals surface area (Å²) < 4.78 is 11.5. The molecule has 0 aromatic heterocycles. The van der Waals surface area contributed by atoms with Gasteiger partial charge in [-0.3, -0.25) is 9.59 Å². The van der Waals surface area contributed by atoms with Crippen molar-refractivity contribution >= 4 is 11.9 Å². The first-order valence-electron chi connectivity index (χ1n) is 11.6. The molecule has 0 bridgehead atoms. The topological polar surface area (TPSA) is 72.8 Å². The van der Waals surface area contributed by atoms with Gasteiger partial charge in [0.2, 0.25) is 0 Å². The number of esters is 2. The van der Waals surface area contributed by atoms with Gasteiger partial charge in [-0.25, -0.2) is 0 Å². The second kappa shape index (κ2) is 9.25. The highest BCUT2D eigenvalue weighted by atomic mass is 16.6. The lowest BCUT2D eigenvalue weighted by Crippen LogP contribution is -2.42. The Kier molecular flexibility index (Phi) is 7.11. The van der Waals surface area contributed by atoms with Crippen LogP contribution in [0.1, 0.15) is 73.1 Å². The van der Waals surface area contributed by atoms with E-state index in [9.17, 15) is 14.7 Å². The molecule has 1 heterocycles. The lowest BCUT2D eigenvalue weighted by molar-refractivity contribution is -0.164. The molecule has 0 spiro atoms. The fourth-order valence-corrected chi connectivity index (χ4v) is 5.06. The van der Waals surface area contributed by atoms with Gasteiger partial charge in [-0.15, -0.1) is 0 Å². The molecular formula is C25H38O5. The number of hydrogen-bond acceptors (Lipinski definition) is 5. The van der Waals surface area contributed by atoms with E-state index in [1.807, 2.05) is 20.8 Å². The third-order valence-corrected chi connectivity index (χ3v) is 7.40. The van der Waals surface area contributed by atoms with Crippen LogP contribution in [0.25, 0.3) is 0 Å². The van der Waals surface area contributed by atoms with Gasteiger partial charge in [-0.2, -0.15) is 0 Å². The van der Waals surface area contributed by atoms with Crippen molar-refractivity contribution in [1.82, 2.24) is 0 Å². The number of fused-ring (bicyclic) bond motifs is 1. The number of aliphatic hydroxyl groups is 1. The Balaban J connectivity index is 1.69. The molecule has 0 saturated carbocycles. The zero-order valence-electron chi connectivity index (χ0n) is 19.1. The predicted molar refractivity (Wildman–Crippen MR) is 115 cm³/mol. The predicted octanol–water partition coefficient (Wildman–Crippen LogP) is 4.59. The highest BCUT2D eigenvalue weighted by molar-refractivity contribution is 5.76. The number of cyclic esters (lactones) is 1. The Morgan fingerprint density at radius 1 is 1.27 bits per heavy atom. The summed E-state index contributed by atoms with van der Waals surface area (Å²) in [6.45, 7) is 10.3. The van der Waals surface area contributed by atoms with Crippen LogP contribution in [0.2, 0.25) is 0 Å². The van der Waals surface area contributed by atoms with Crippen LogP contribution in [0.4, 0.5) is 0 Å². The minimum absolute atomic E-state index is 0.102. The monoisotopic (exact) mass is 418 g/mol. The van der Waals surface area contributed by atoms with Crippen molar-refractivity contribution in [2.24, 2.45) is 29.1 Å². The normalized spacial score (nSPS) is 36.5. The molecule has 1 N–H and O–H groups in total. The van der Waals surface area contributed by atoms with E-state index in [1.165, 1.54) is 5.57 Å². The molecule has 1 fully saturated rings. The molecule has 30 heavy (non-hydrogen) atoms. The number of allylic oxidation sites excluding steroid dienone is 3. The van der Waals surface area contributed by atoms with Crippen molar-refractivity contribution in [3.63, 3.8) is 0 Å². The van der Waals surface area contributed by atoms with Gasteiger partial charge in [0.1, 0.15) is 12.2 Å². The molecule has 3 rings (SSSR count). The summed E-state index contributed by atoms with van der Waals surface area (Å²) in [4.78, 5) is 24.4. The van der Waals surface area contributed by atoms with Crippen molar-refractivity contribution in [2.75, 3.05) is 0 Å². The molecule has 1 aliphatic heterocycles. The molecule has 5 heteroatoms. The van der Waals surface area contributed by atoms with E-state index in [0.717, 1.165) is 25.7 Å². The van der Waals surface area contributed by atoms with Crippen molar-refractivity contribution < 1.29 is 24.2 Å². The van der Waals surface area contributed by atoms with Gasteiger partial charge in [-0.1, -0.05) is 39.0 Å². The molecule has 3 aliphatic rings. The lowest BCUT2D eigenvalue weighted by Gasteiger charge is -2.43. The molecule has 0 aromatic rings. The van der Waals surface area contributed by atoms with Crippen LogP contribution < -0.4 is 0 Å². The van der Waals surface area contributed by atoms with Crippen LogP contribution in [0.5, 0.6) is 0 Å². The van der Waals surface area contributed by atoms with Crippen molar-refractivity contribution in [3.05, 3.63) is 23.8 Å². The van der Waals surface area contributed by atoms with Gasteiger partial charge in [0, 0.05) is 12.3 Å². The second-order valence-corrected chi connectivity index (χ2v) is 10.3. The number of rotatable bonds is 6. The van der Waals surface area contributed by atoms with Crippen molar-refractivity contribution in [2.45, 2.75) is 91.5 Å². The summed E-state index contributed by atoms with van der Waals surface area (Å²) in [5.74, 6) is 0.842. The molecule has 5 nitrogen and oxygen atoms in total. The highest BCUT2D eigenvalue weighted by Gasteiger charge is 2.42. The third-order valence-electron chi connectivity index (χ3n) is 7.40. The molecule has 0 amide bonds. The first kappa shape index (κ1) is 23.1. The van der Waals surface area contributed by atoms with E-state index in [2.05, 4.69) is 32.1 Å². The summed E-state index contributed by atoms with van der Waals surface area (Å²) in [7, 11) is 0. The van der Waals surface area contributed by atoms with Crippen molar-refractivity contribution in [3.8, 4) is 0 Å². The van der Waals surface area contributed by atoms with Gasteiger partial charge in [-0.05, 0) is 62.9 Å². The average Bonchev–Trinajstić information content (AvgIpc) is 2.66. The largest absolute Gasteiger partial charge is 0.462 e. The van der Waals surface area contributed by atoms with Crippen LogP contribution in [0.15, 0.2) is 23.8 Å². The maximum Gasteiger partial charge on any atom is 0.311 e. The minimum atomic E-state index is -0.587. The van der Waals surface area contributed by atoms with Gasteiger partial charge in [0.25, 0.3) is 0 Å². The fourth-order valence-electron chi connectivity index (χ4n) is 5.06. The van der Waals surface area contributed by atoms with Crippen LogP contribution in [0.3, 0.4) is 0 Å². The van der Waals surface area contributed by atoms with E-state index < -0.39 is 11.5 Å². The first-order chi connectivity index (χ1) is 14.1. The van der Waals surface area contributed by atoms with Gasteiger partial charge in [0.15, 0.2) is 0 Å². The Morgan fingerprint density at radius 3 is 2.67 bits per heavy atom. The lowest BCUT2D eigenvalue weighted by atomic mass is 9.66. The number of carbonyl (C=O) groups excluding carboxylic acids is 2. The van der Waals surface area contributed by atoms with E-state index in [1.54, 1.807) is 0 Å². The standard InChI is InChI=1S/C25H38O5/c1-6-25(4,5)24(28)30-21-12-15(2)11-18-8-7-17(16(3)23(18)21)9-10-20-13-19(26)14-22(27)29-20/h7-8,11,15-17,19-21,23,26H,6,9-10,12-14H2,1-5H3/t15?,16?,17?,19?,20?,21?,23-/m1/s1. The Bertz CT molecular complexity index is 706. The summed E-state index contributed by atoms with van der Waals surface area (Å²) in [6, 6.07) is 0. The van der Waals surface area contributed by atoms with Gasteiger partial charge < -0.3 is 14.6 Å². The summed E-state index contributed by atoms with van der Waals surface area (Å²) >= 11 is 0. The Hall–Kier alpha value is -1.62. The molecule has 6 unspecified atom stereocenters. The third kappa shape index (κ3) is 5.16. The maximum absolute atomic E-state index is 12.8. The van der Waals surface area contributed by atoms with Crippen LogP contribution >= 0.6 is 0 Å². The first-order valence-corrected chi connectivity index (χ1v) is 11.6. The summed E-state index contributed by atoms with van der Waals surface area (Å²) in [6.07, 6.45) is 9.78. The SMILES string of the molecule is CCC(C)(C)C(=O)OC1CC(C)C=C2C=CC(CCC3CC(O)CC(=O)O3)C(C)[C@H]21. The van der Waals surface area contributed by atoms with E-state index >= 15 is 0 Å². The van der Waals surface area contributed by atoms with Gasteiger partial charge >= 0.3 is 11.9 Å². The summed E-state index contributed by atoms with van der Waals surface area (Å²) in [5, 5.41) is 9.85. The molecule has 2 aliphatic carbocycles. The molecule has 168 valence electrons. The molecule has 1 saturated heterocycles. The van der Waals surface area contributed by atoms with Crippen LogP contribution in [0, 0.1) is 29.1 Å². The van der Waals surface area contributed by atoms with Crippen molar-refractivity contribution in [1.29, 1.82) is 0 Å². The minimum Gasteiger partial charge on any atom is -0.462 e. The maximum atomic E-state index is 12.8. The van der Waals surface area contributed by atoms with Crippen LogP contribution in [-0.4, -0.2) is 35.4 Å². The molecule has 7 atom stereocenters. The average molecular weight is 419 g/mol. The van der Waals surface area contributed by atoms with E-state index in [4.69, 9.17) is 9.47 Å². The zero-order chi connectivity index (χ0) is 22.1. The zero-order valence-corrected chi connectivity index (χ0v) is 19.1. The summed E-state index contributed by atoms with van der Waals surface area (Å²) in [5.41, 5.74) is 0.813. The number of hydrogen-bond donors (Lipinski definition) is 1. The number of carbonyl (C=O) groups is 2. The molecule has 0 aromatic carbocycles. The fraction of sp³-hybridized carbons (Fsp3) is 0.760. The number of ether oxygens (including phenoxy) is 2. The Labute approximate surface area is 180 Å². The molecule has 0 radical (unpaired) electrons. The number of aliphatic hydroxyl groups excluding tert-OH is 1. The van der Waals surface area contributed by atoms with E-state index in [-0.39, 0.29) is 36.5 Å². The second-order valence-electron chi connectivity index (χ2n) is 10.3. The quantitative estimate of drug-likeness (QED) is 0.639. The smallest absolute Gasteiger partial charge is 0.311 e. The van der Waals surface area contributed by atoms with Crippen LogP contribution in [-0.2, 0) is 19.1 Å². The van der Waals surface area contributed by atoms with E-state index in [0.29, 0.717) is 24.2 Å².